The van der Waals surface area contributed by atoms with Gasteiger partial charge in [-0.1, -0.05) is 23.7 Å². The average Bonchev–Trinajstić information content (AvgIpc) is 2.68. The maximum absolute atomic E-state index is 13.2. The maximum Gasteiger partial charge on any atom is 0.416 e. The van der Waals surface area contributed by atoms with E-state index in [0.29, 0.717) is 38.4 Å². The van der Waals surface area contributed by atoms with Gasteiger partial charge in [-0.05, 0) is 30.3 Å². The molecule has 2 N–H and O–H groups in total. The molecule has 9 heteroatoms. The van der Waals surface area contributed by atoms with Crippen molar-refractivity contribution in [3.05, 3.63) is 58.6 Å². The number of aliphatic hydroxyl groups excluding tert-OH is 1. The first-order valence-electron chi connectivity index (χ1n) is 9.15. The molecule has 2 aromatic carbocycles. The van der Waals surface area contributed by atoms with Crippen LogP contribution in [0.25, 0.3) is 0 Å². The first-order chi connectivity index (χ1) is 13.8. The quantitative estimate of drug-likeness (QED) is 0.763. The molecule has 1 aliphatic heterocycles. The average molecular weight is 428 g/mol. The molecule has 1 saturated heterocycles. The van der Waals surface area contributed by atoms with E-state index in [4.69, 9.17) is 16.7 Å². The lowest BCUT2D eigenvalue weighted by Gasteiger charge is -2.36. The number of benzene rings is 2. The van der Waals surface area contributed by atoms with Crippen LogP contribution in [0.4, 0.5) is 24.5 Å². The fraction of sp³-hybridized carbons (Fsp3) is 0.350. The Morgan fingerprint density at radius 2 is 1.79 bits per heavy atom. The molecule has 0 atom stereocenters. The fourth-order valence-electron chi connectivity index (χ4n) is 3.28. The van der Waals surface area contributed by atoms with Gasteiger partial charge < -0.3 is 15.3 Å². The van der Waals surface area contributed by atoms with Crippen LogP contribution in [-0.4, -0.2) is 55.2 Å². The van der Waals surface area contributed by atoms with Crippen molar-refractivity contribution in [1.82, 2.24) is 4.90 Å². The number of β-amino-alcohol motifs (C(OH)–C–C–N with tert-alkyl or cyclic N) is 1. The minimum Gasteiger partial charge on any atom is -0.395 e. The topological polar surface area (TPSA) is 55.8 Å². The smallest absolute Gasteiger partial charge is 0.395 e. The van der Waals surface area contributed by atoms with Gasteiger partial charge in [-0.2, -0.15) is 13.2 Å². The van der Waals surface area contributed by atoms with Gasteiger partial charge in [0, 0.05) is 32.7 Å². The number of rotatable bonds is 5. The van der Waals surface area contributed by atoms with E-state index in [0.717, 1.165) is 12.1 Å². The molecule has 3 rings (SSSR count). The summed E-state index contributed by atoms with van der Waals surface area (Å²) in [6.45, 7) is 3.08. The van der Waals surface area contributed by atoms with Gasteiger partial charge in [0.05, 0.1) is 34.1 Å². The highest BCUT2D eigenvalue weighted by atomic mass is 35.5. The molecule has 5 nitrogen and oxygen atoms in total. The van der Waals surface area contributed by atoms with Crippen LogP contribution in [0.5, 0.6) is 0 Å². The second-order valence-electron chi connectivity index (χ2n) is 6.72. The van der Waals surface area contributed by atoms with Gasteiger partial charge in [0.15, 0.2) is 0 Å². The Morgan fingerprint density at radius 3 is 2.41 bits per heavy atom. The molecule has 0 radical (unpaired) electrons. The number of amides is 1. The molecule has 2 aromatic rings. The zero-order valence-corrected chi connectivity index (χ0v) is 16.3. The summed E-state index contributed by atoms with van der Waals surface area (Å²) in [6, 6.07) is 9.70. The number of halogens is 4. The van der Waals surface area contributed by atoms with E-state index < -0.39 is 17.6 Å². The van der Waals surface area contributed by atoms with Crippen LogP contribution < -0.4 is 10.2 Å². The molecule has 156 valence electrons. The van der Waals surface area contributed by atoms with Crippen molar-refractivity contribution in [3.63, 3.8) is 0 Å². The lowest BCUT2D eigenvalue weighted by molar-refractivity contribution is -0.137. The molecule has 0 bridgehead atoms. The number of alkyl halides is 3. The molecular weight excluding hydrogens is 407 g/mol. The van der Waals surface area contributed by atoms with Crippen molar-refractivity contribution in [2.75, 3.05) is 49.5 Å². The first-order valence-corrected chi connectivity index (χ1v) is 9.52. The normalized spacial score (nSPS) is 15.4. The highest BCUT2D eigenvalue weighted by Crippen LogP contribution is 2.36. The number of hydrogen-bond acceptors (Lipinski definition) is 4. The number of nitrogens with one attached hydrogen (secondary N) is 1. The predicted octanol–water partition coefficient (Wildman–Crippen LogP) is 3.73. The zero-order chi connectivity index (χ0) is 21.0. The van der Waals surface area contributed by atoms with E-state index in [-0.39, 0.29) is 22.9 Å². The van der Waals surface area contributed by atoms with Crippen molar-refractivity contribution < 1.29 is 23.1 Å². The SMILES string of the molecule is O=C(Nc1cc(C(F)(F)F)ccc1N1CCN(CCO)CC1)c1ccccc1Cl. The maximum atomic E-state index is 13.2. The first kappa shape index (κ1) is 21.4. The van der Waals surface area contributed by atoms with Crippen molar-refractivity contribution in [1.29, 1.82) is 0 Å². The zero-order valence-electron chi connectivity index (χ0n) is 15.5. The second-order valence-corrected chi connectivity index (χ2v) is 7.12. The summed E-state index contributed by atoms with van der Waals surface area (Å²) < 4.78 is 39.7. The van der Waals surface area contributed by atoms with Gasteiger partial charge in [0.25, 0.3) is 5.91 Å². The molecule has 0 unspecified atom stereocenters. The summed E-state index contributed by atoms with van der Waals surface area (Å²) in [6.07, 6.45) is -4.53. The van der Waals surface area contributed by atoms with Gasteiger partial charge in [0.1, 0.15) is 0 Å². The number of carbonyl (C=O) groups excluding carboxylic acids is 1. The van der Waals surface area contributed by atoms with E-state index in [1.54, 1.807) is 18.2 Å². The Labute approximate surface area is 171 Å². The van der Waals surface area contributed by atoms with Crippen LogP contribution in [-0.2, 0) is 6.18 Å². The molecule has 1 amide bonds. The molecule has 1 fully saturated rings. The van der Waals surface area contributed by atoms with Crippen molar-refractivity contribution in [2.24, 2.45) is 0 Å². The summed E-state index contributed by atoms with van der Waals surface area (Å²) in [4.78, 5) is 16.6. The van der Waals surface area contributed by atoms with Gasteiger partial charge in [-0.15, -0.1) is 0 Å². The molecule has 0 aromatic heterocycles. The summed E-state index contributed by atoms with van der Waals surface area (Å²) in [7, 11) is 0. The molecule has 0 aliphatic carbocycles. The van der Waals surface area contributed by atoms with Gasteiger partial charge in [-0.25, -0.2) is 0 Å². The lowest BCUT2D eigenvalue weighted by atomic mass is 10.1. The van der Waals surface area contributed by atoms with E-state index in [9.17, 15) is 18.0 Å². The summed E-state index contributed by atoms with van der Waals surface area (Å²) in [5.41, 5.74) is -0.0534. The van der Waals surface area contributed by atoms with Crippen LogP contribution in [0.15, 0.2) is 42.5 Å². The standard InChI is InChI=1S/C20H21ClF3N3O2/c21-16-4-2-1-3-15(16)19(29)25-17-13-14(20(22,23)24)5-6-18(17)27-9-7-26(8-10-27)11-12-28/h1-6,13,28H,7-12H2,(H,25,29). The highest BCUT2D eigenvalue weighted by Gasteiger charge is 2.32. The Kier molecular flexibility index (Phi) is 6.66. The minimum atomic E-state index is -4.53. The number of aliphatic hydroxyl groups is 1. The van der Waals surface area contributed by atoms with Crippen LogP contribution in [0, 0.1) is 0 Å². The molecule has 1 heterocycles. The van der Waals surface area contributed by atoms with Gasteiger partial charge in [-0.3, -0.25) is 9.69 Å². The third-order valence-electron chi connectivity index (χ3n) is 4.82. The molecule has 1 aliphatic rings. The Balaban J connectivity index is 1.89. The van der Waals surface area contributed by atoms with Gasteiger partial charge in [0.2, 0.25) is 0 Å². The molecular formula is C20H21ClF3N3O2. The van der Waals surface area contributed by atoms with Crippen molar-refractivity contribution in [2.45, 2.75) is 6.18 Å². The largest absolute Gasteiger partial charge is 0.416 e. The van der Waals surface area contributed by atoms with Gasteiger partial charge >= 0.3 is 6.18 Å². The molecule has 29 heavy (non-hydrogen) atoms. The highest BCUT2D eigenvalue weighted by molar-refractivity contribution is 6.34. The van der Waals surface area contributed by atoms with Crippen molar-refractivity contribution >= 4 is 28.9 Å². The van der Waals surface area contributed by atoms with Crippen LogP contribution in [0.1, 0.15) is 15.9 Å². The monoisotopic (exact) mass is 427 g/mol. The summed E-state index contributed by atoms with van der Waals surface area (Å²) in [5, 5.41) is 11.9. The number of anilines is 2. The number of hydrogen-bond donors (Lipinski definition) is 2. The fourth-order valence-corrected chi connectivity index (χ4v) is 3.50. The second kappa shape index (κ2) is 9.02. The molecule has 0 spiro atoms. The van der Waals surface area contributed by atoms with Crippen LogP contribution in [0.2, 0.25) is 5.02 Å². The van der Waals surface area contributed by atoms with E-state index >= 15 is 0 Å². The van der Waals surface area contributed by atoms with E-state index in [1.165, 1.54) is 12.1 Å². The van der Waals surface area contributed by atoms with Crippen molar-refractivity contribution in [3.8, 4) is 0 Å². The summed E-state index contributed by atoms with van der Waals surface area (Å²) in [5.74, 6) is -0.574. The number of nitrogens with zero attached hydrogens (tertiary/aromatic N) is 2. The summed E-state index contributed by atoms with van der Waals surface area (Å²) >= 11 is 6.05. The minimum absolute atomic E-state index is 0.0550. The van der Waals surface area contributed by atoms with E-state index in [1.807, 2.05) is 4.90 Å². The number of piperazine rings is 1. The Bertz CT molecular complexity index is 868. The Morgan fingerprint density at radius 1 is 1.10 bits per heavy atom. The third-order valence-corrected chi connectivity index (χ3v) is 5.15. The molecule has 0 saturated carbocycles. The van der Waals surface area contributed by atoms with Crippen LogP contribution in [0.3, 0.4) is 0 Å². The predicted molar refractivity (Wildman–Crippen MR) is 107 cm³/mol. The Hall–Kier alpha value is -2.29. The van der Waals surface area contributed by atoms with E-state index in [2.05, 4.69) is 10.2 Å². The van der Waals surface area contributed by atoms with Crippen LogP contribution >= 0.6 is 11.6 Å². The number of carbonyl (C=O) groups is 1. The third kappa shape index (κ3) is 5.20. The lowest BCUT2D eigenvalue weighted by Crippen LogP contribution is -2.47.